The molecule has 0 aromatic carbocycles. The fraction of sp³-hybridized carbons (Fsp3) is 0.773. The van der Waals surface area contributed by atoms with Gasteiger partial charge in [0.25, 0.3) is 0 Å². The lowest BCUT2D eigenvalue weighted by Gasteiger charge is -2.13. The van der Waals surface area contributed by atoms with E-state index in [2.05, 4.69) is 31.2 Å². The number of hydrogen-bond donors (Lipinski definition) is 0. The Kier molecular flexibility index (Phi) is 13.5. The Labute approximate surface area is 150 Å². The maximum Gasteiger partial charge on any atom is 0.222 e. The van der Waals surface area contributed by atoms with Crippen molar-refractivity contribution in [3.8, 4) is 0 Å². The van der Waals surface area contributed by atoms with Crippen molar-refractivity contribution in [2.75, 3.05) is 13.1 Å². The fourth-order valence-electron chi connectivity index (χ4n) is 3.23. The molecule has 0 aromatic rings. The molecule has 1 heterocycles. The normalized spacial score (nSPS) is 15.1. The molecule has 0 radical (unpaired) electrons. The molecule has 2 nitrogen and oxygen atoms in total. The fourth-order valence-corrected chi connectivity index (χ4v) is 3.23. The monoisotopic (exact) mass is 333 g/mol. The van der Waals surface area contributed by atoms with Crippen LogP contribution in [0.1, 0.15) is 96.8 Å². The number of rotatable bonds is 14. The van der Waals surface area contributed by atoms with Gasteiger partial charge in [0.2, 0.25) is 5.91 Å². The third kappa shape index (κ3) is 11.5. The number of allylic oxidation sites excluding steroid dienone is 4. The van der Waals surface area contributed by atoms with Gasteiger partial charge in [0.05, 0.1) is 0 Å². The molecule has 0 spiro atoms. The minimum atomic E-state index is 0.336. The number of amides is 1. The largest absolute Gasteiger partial charge is 0.343 e. The van der Waals surface area contributed by atoms with Gasteiger partial charge in [-0.15, -0.1) is 0 Å². The molecule has 0 saturated carbocycles. The second-order valence-corrected chi connectivity index (χ2v) is 7.07. The van der Waals surface area contributed by atoms with Crippen LogP contribution in [0.3, 0.4) is 0 Å². The quantitative estimate of drug-likeness (QED) is 0.265. The Morgan fingerprint density at radius 3 is 2.04 bits per heavy atom. The first-order chi connectivity index (χ1) is 11.8. The molecule has 0 aromatic heterocycles. The van der Waals surface area contributed by atoms with Crippen LogP contribution in [0.4, 0.5) is 0 Å². The molecule has 2 heteroatoms. The van der Waals surface area contributed by atoms with Gasteiger partial charge in [-0.05, 0) is 38.5 Å². The summed E-state index contributed by atoms with van der Waals surface area (Å²) < 4.78 is 0. The molecule has 1 amide bonds. The van der Waals surface area contributed by atoms with Crippen LogP contribution in [0.25, 0.3) is 0 Å². The first-order valence-electron chi connectivity index (χ1n) is 10.4. The van der Waals surface area contributed by atoms with Gasteiger partial charge in [-0.3, -0.25) is 4.79 Å². The van der Waals surface area contributed by atoms with E-state index in [9.17, 15) is 4.79 Å². The van der Waals surface area contributed by atoms with Crippen LogP contribution in [0, 0.1) is 0 Å². The van der Waals surface area contributed by atoms with Crippen molar-refractivity contribution >= 4 is 5.91 Å². The number of hydrogen-bond acceptors (Lipinski definition) is 1. The van der Waals surface area contributed by atoms with Crippen LogP contribution in [0.5, 0.6) is 0 Å². The first kappa shape index (κ1) is 21.0. The lowest BCUT2D eigenvalue weighted by molar-refractivity contribution is -0.130. The highest BCUT2D eigenvalue weighted by Crippen LogP contribution is 2.11. The lowest BCUT2D eigenvalue weighted by atomic mass is 10.1. The highest BCUT2D eigenvalue weighted by atomic mass is 16.2. The summed E-state index contributed by atoms with van der Waals surface area (Å²) in [7, 11) is 0. The second-order valence-electron chi connectivity index (χ2n) is 7.07. The molecule has 24 heavy (non-hydrogen) atoms. The van der Waals surface area contributed by atoms with Gasteiger partial charge in [0.15, 0.2) is 0 Å². The number of unbranched alkanes of at least 4 members (excludes halogenated alkanes) is 8. The van der Waals surface area contributed by atoms with Crippen molar-refractivity contribution in [1.29, 1.82) is 0 Å². The van der Waals surface area contributed by atoms with E-state index in [0.29, 0.717) is 12.3 Å². The van der Waals surface area contributed by atoms with E-state index in [1.807, 2.05) is 4.90 Å². The standard InChI is InChI=1S/C22H39NO/c1-2-3-4-5-6-7-8-9-10-11-12-13-14-15-16-19-22(24)23-20-17-18-21-23/h11-12,14-15H,2-10,13,16-21H2,1H3/b12-11+,15-14+. The zero-order valence-corrected chi connectivity index (χ0v) is 16.0. The summed E-state index contributed by atoms with van der Waals surface area (Å²) in [5.74, 6) is 0.336. The Morgan fingerprint density at radius 1 is 0.792 bits per heavy atom. The van der Waals surface area contributed by atoms with Crippen LogP contribution in [-0.4, -0.2) is 23.9 Å². The number of likely N-dealkylation sites (tertiary alicyclic amines) is 1. The van der Waals surface area contributed by atoms with Crippen LogP contribution >= 0.6 is 0 Å². The minimum Gasteiger partial charge on any atom is -0.343 e. The molecule has 0 bridgehead atoms. The molecule has 1 rings (SSSR count). The van der Waals surface area contributed by atoms with Gasteiger partial charge in [-0.25, -0.2) is 0 Å². The average molecular weight is 334 g/mol. The second kappa shape index (κ2) is 15.5. The van der Waals surface area contributed by atoms with Crippen LogP contribution < -0.4 is 0 Å². The van der Waals surface area contributed by atoms with Gasteiger partial charge in [0, 0.05) is 19.5 Å². The Bertz CT molecular complexity index is 353. The van der Waals surface area contributed by atoms with Crippen LogP contribution in [0.15, 0.2) is 24.3 Å². The smallest absolute Gasteiger partial charge is 0.222 e. The van der Waals surface area contributed by atoms with Crippen molar-refractivity contribution in [2.45, 2.75) is 96.8 Å². The lowest BCUT2D eigenvalue weighted by Crippen LogP contribution is -2.26. The molecule has 0 atom stereocenters. The third-order valence-electron chi connectivity index (χ3n) is 4.81. The summed E-state index contributed by atoms with van der Waals surface area (Å²) in [5.41, 5.74) is 0. The molecular weight excluding hydrogens is 294 g/mol. The van der Waals surface area contributed by atoms with Crippen molar-refractivity contribution in [3.63, 3.8) is 0 Å². The Hall–Kier alpha value is -1.05. The van der Waals surface area contributed by atoms with Gasteiger partial charge in [0.1, 0.15) is 0 Å². The summed E-state index contributed by atoms with van der Waals surface area (Å²) in [6.45, 7) is 4.23. The molecule has 0 aliphatic carbocycles. The summed E-state index contributed by atoms with van der Waals surface area (Å²) in [4.78, 5) is 13.9. The molecule has 1 saturated heterocycles. The number of carbonyl (C=O) groups excluding carboxylic acids is 1. The van der Waals surface area contributed by atoms with Gasteiger partial charge >= 0.3 is 0 Å². The summed E-state index contributed by atoms with van der Waals surface area (Å²) in [5, 5.41) is 0. The van der Waals surface area contributed by atoms with Gasteiger partial charge in [-0.1, -0.05) is 76.2 Å². The Morgan fingerprint density at radius 2 is 1.38 bits per heavy atom. The predicted molar refractivity (Wildman–Crippen MR) is 105 cm³/mol. The van der Waals surface area contributed by atoms with Crippen molar-refractivity contribution in [2.24, 2.45) is 0 Å². The summed E-state index contributed by atoms with van der Waals surface area (Å²) in [6.07, 6.45) is 26.2. The topological polar surface area (TPSA) is 20.3 Å². The minimum absolute atomic E-state index is 0.336. The van der Waals surface area contributed by atoms with E-state index in [4.69, 9.17) is 0 Å². The molecule has 0 N–H and O–H groups in total. The zero-order valence-electron chi connectivity index (χ0n) is 16.0. The molecule has 1 fully saturated rings. The molecule has 138 valence electrons. The third-order valence-corrected chi connectivity index (χ3v) is 4.81. The van der Waals surface area contributed by atoms with Gasteiger partial charge in [-0.2, -0.15) is 0 Å². The number of nitrogens with zero attached hydrogens (tertiary/aromatic N) is 1. The van der Waals surface area contributed by atoms with Crippen molar-refractivity contribution < 1.29 is 4.79 Å². The van der Waals surface area contributed by atoms with E-state index in [-0.39, 0.29) is 0 Å². The van der Waals surface area contributed by atoms with Gasteiger partial charge < -0.3 is 4.90 Å². The molecule has 1 aliphatic heterocycles. The predicted octanol–water partition coefficient (Wildman–Crippen LogP) is 6.42. The highest BCUT2D eigenvalue weighted by Gasteiger charge is 2.16. The van der Waals surface area contributed by atoms with E-state index in [1.54, 1.807) is 0 Å². The van der Waals surface area contributed by atoms with E-state index in [0.717, 1.165) is 25.9 Å². The zero-order chi connectivity index (χ0) is 17.3. The number of carbonyl (C=O) groups is 1. The molecule has 1 aliphatic rings. The summed E-state index contributed by atoms with van der Waals surface area (Å²) >= 11 is 0. The Balaban J connectivity index is 1.84. The molecule has 0 unspecified atom stereocenters. The average Bonchev–Trinajstić information content (AvgIpc) is 3.13. The maximum atomic E-state index is 11.9. The van der Waals surface area contributed by atoms with Crippen molar-refractivity contribution in [1.82, 2.24) is 4.90 Å². The SMILES string of the molecule is CCCCCCCCCC/C=C/C/C=C/CCC(=O)N1CCCC1. The van der Waals surface area contributed by atoms with E-state index >= 15 is 0 Å². The summed E-state index contributed by atoms with van der Waals surface area (Å²) in [6, 6.07) is 0. The van der Waals surface area contributed by atoms with Crippen LogP contribution in [-0.2, 0) is 4.79 Å². The maximum absolute atomic E-state index is 11.9. The van der Waals surface area contributed by atoms with Crippen LogP contribution in [0.2, 0.25) is 0 Å². The first-order valence-corrected chi connectivity index (χ1v) is 10.4. The highest BCUT2D eigenvalue weighted by molar-refractivity contribution is 5.76. The van der Waals surface area contributed by atoms with E-state index in [1.165, 1.54) is 70.6 Å². The van der Waals surface area contributed by atoms with Crippen molar-refractivity contribution in [3.05, 3.63) is 24.3 Å². The molecular formula is C22H39NO. The van der Waals surface area contributed by atoms with E-state index < -0.39 is 0 Å².